The molecule has 1 aliphatic rings. The van der Waals surface area contributed by atoms with E-state index in [-0.39, 0.29) is 0 Å². The van der Waals surface area contributed by atoms with Crippen molar-refractivity contribution in [2.75, 3.05) is 33.2 Å². The van der Waals surface area contributed by atoms with Crippen molar-refractivity contribution in [2.45, 2.75) is 41.2 Å². The Balaban J connectivity index is 0.000000861. The first kappa shape index (κ1) is 16.1. The largest absolute Gasteiger partial charge is 0.304 e. The molecule has 1 saturated heterocycles. The molecule has 2 rings (SSSR count). The van der Waals surface area contributed by atoms with E-state index in [1.54, 1.807) is 0 Å². The van der Waals surface area contributed by atoms with Crippen molar-refractivity contribution >= 4 is 0 Å². The summed E-state index contributed by atoms with van der Waals surface area (Å²) in [6, 6.07) is 0. The standard InChI is InChI=1S/C13H22N4.C2H6/c1-10-11(2)14-13(15-12(10)3)9-17-7-5-16(4)6-8-17;1-2/h5-9H2,1-4H3;1-2H3. The molecule has 0 aliphatic carbocycles. The topological polar surface area (TPSA) is 32.3 Å². The molecule has 0 bridgehead atoms. The van der Waals surface area contributed by atoms with Gasteiger partial charge < -0.3 is 4.90 Å². The van der Waals surface area contributed by atoms with E-state index in [0.29, 0.717) is 0 Å². The van der Waals surface area contributed by atoms with Crippen LogP contribution in [-0.2, 0) is 6.54 Å². The molecule has 1 aromatic rings. The maximum Gasteiger partial charge on any atom is 0.142 e. The van der Waals surface area contributed by atoms with Crippen molar-refractivity contribution in [3.63, 3.8) is 0 Å². The number of aryl methyl sites for hydroxylation is 2. The van der Waals surface area contributed by atoms with Gasteiger partial charge in [0.2, 0.25) is 0 Å². The molecule has 108 valence electrons. The summed E-state index contributed by atoms with van der Waals surface area (Å²) in [6.07, 6.45) is 0. The minimum Gasteiger partial charge on any atom is -0.304 e. The fourth-order valence-electron chi connectivity index (χ4n) is 2.12. The van der Waals surface area contributed by atoms with Gasteiger partial charge in [0.25, 0.3) is 0 Å². The molecule has 4 nitrogen and oxygen atoms in total. The smallest absolute Gasteiger partial charge is 0.142 e. The number of hydrogen-bond acceptors (Lipinski definition) is 4. The maximum atomic E-state index is 4.58. The van der Waals surface area contributed by atoms with Gasteiger partial charge >= 0.3 is 0 Å². The normalized spacial score (nSPS) is 16.9. The van der Waals surface area contributed by atoms with E-state index >= 15 is 0 Å². The molecule has 2 heterocycles. The fourth-order valence-corrected chi connectivity index (χ4v) is 2.12. The van der Waals surface area contributed by atoms with Gasteiger partial charge in [-0.1, -0.05) is 13.8 Å². The first-order valence-corrected chi connectivity index (χ1v) is 7.28. The second-order valence-corrected chi connectivity index (χ2v) is 5.02. The van der Waals surface area contributed by atoms with Gasteiger partial charge in [0.05, 0.1) is 6.54 Å². The Morgan fingerprint density at radius 3 is 1.84 bits per heavy atom. The minimum absolute atomic E-state index is 0.885. The Morgan fingerprint density at radius 1 is 0.895 bits per heavy atom. The zero-order valence-corrected chi connectivity index (χ0v) is 13.3. The molecule has 0 radical (unpaired) electrons. The molecule has 0 unspecified atom stereocenters. The summed E-state index contributed by atoms with van der Waals surface area (Å²) in [4.78, 5) is 14.0. The summed E-state index contributed by atoms with van der Waals surface area (Å²) in [7, 11) is 2.17. The zero-order valence-electron chi connectivity index (χ0n) is 13.3. The van der Waals surface area contributed by atoms with Crippen LogP contribution in [-0.4, -0.2) is 53.0 Å². The summed E-state index contributed by atoms with van der Waals surface area (Å²) < 4.78 is 0. The highest BCUT2D eigenvalue weighted by Crippen LogP contribution is 2.10. The Labute approximate surface area is 117 Å². The highest BCUT2D eigenvalue weighted by Gasteiger charge is 2.15. The molecule has 0 atom stereocenters. The number of aromatic nitrogens is 2. The molecule has 0 saturated carbocycles. The van der Waals surface area contributed by atoms with Crippen LogP contribution < -0.4 is 0 Å². The van der Waals surface area contributed by atoms with E-state index in [4.69, 9.17) is 0 Å². The van der Waals surface area contributed by atoms with Gasteiger partial charge in [0, 0.05) is 37.6 Å². The van der Waals surface area contributed by atoms with Gasteiger partial charge in [-0.3, -0.25) is 4.90 Å². The predicted molar refractivity (Wildman–Crippen MR) is 80.4 cm³/mol. The Hall–Kier alpha value is -1.00. The molecule has 0 N–H and O–H groups in total. The third kappa shape index (κ3) is 4.55. The van der Waals surface area contributed by atoms with Crippen molar-refractivity contribution in [1.82, 2.24) is 19.8 Å². The quantitative estimate of drug-likeness (QED) is 0.819. The Morgan fingerprint density at radius 2 is 1.37 bits per heavy atom. The number of hydrogen-bond donors (Lipinski definition) is 0. The molecule has 1 fully saturated rings. The molecule has 1 aliphatic heterocycles. The average molecular weight is 264 g/mol. The highest BCUT2D eigenvalue weighted by atomic mass is 15.3. The van der Waals surface area contributed by atoms with Crippen molar-refractivity contribution in [3.8, 4) is 0 Å². The number of rotatable bonds is 2. The van der Waals surface area contributed by atoms with E-state index in [2.05, 4.69) is 47.6 Å². The third-order valence-electron chi connectivity index (χ3n) is 3.64. The molecule has 4 heteroatoms. The molecule has 0 aromatic carbocycles. The Kier molecular flexibility index (Phi) is 6.38. The second-order valence-electron chi connectivity index (χ2n) is 5.02. The summed E-state index contributed by atoms with van der Waals surface area (Å²) in [5.41, 5.74) is 3.44. The average Bonchev–Trinajstić information content (AvgIpc) is 2.41. The van der Waals surface area contributed by atoms with Crippen LogP contribution in [0.2, 0.25) is 0 Å². The molecule has 0 spiro atoms. The van der Waals surface area contributed by atoms with E-state index in [1.165, 1.54) is 5.56 Å². The number of nitrogens with zero attached hydrogens (tertiary/aromatic N) is 4. The number of piperazine rings is 1. The second kappa shape index (κ2) is 7.56. The highest BCUT2D eigenvalue weighted by molar-refractivity contribution is 5.22. The van der Waals surface area contributed by atoms with E-state index in [9.17, 15) is 0 Å². The first-order chi connectivity index (χ1) is 9.06. The lowest BCUT2D eigenvalue weighted by Crippen LogP contribution is -2.44. The summed E-state index contributed by atoms with van der Waals surface area (Å²) in [6.45, 7) is 15.6. The van der Waals surface area contributed by atoms with E-state index in [0.717, 1.165) is 49.9 Å². The lowest BCUT2D eigenvalue weighted by atomic mass is 10.2. The lowest BCUT2D eigenvalue weighted by Gasteiger charge is -2.31. The summed E-state index contributed by atoms with van der Waals surface area (Å²) >= 11 is 0. The number of likely N-dealkylation sites (N-methyl/N-ethyl adjacent to an activating group) is 1. The first-order valence-electron chi connectivity index (χ1n) is 7.28. The zero-order chi connectivity index (χ0) is 14.4. The van der Waals surface area contributed by atoms with E-state index < -0.39 is 0 Å². The summed E-state index contributed by atoms with van der Waals surface area (Å²) in [5, 5.41) is 0. The predicted octanol–water partition coefficient (Wildman–Crippen LogP) is 2.18. The Bertz CT molecular complexity index is 372. The molecular formula is C15H28N4. The van der Waals surface area contributed by atoms with Crippen LogP contribution in [0, 0.1) is 20.8 Å². The minimum atomic E-state index is 0.885. The maximum absolute atomic E-state index is 4.58. The van der Waals surface area contributed by atoms with Gasteiger partial charge in [-0.25, -0.2) is 9.97 Å². The van der Waals surface area contributed by atoms with Gasteiger partial charge in [0.15, 0.2) is 0 Å². The van der Waals surface area contributed by atoms with Crippen LogP contribution in [0.5, 0.6) is 0 Å². The third-order valence-corrected chi connectivity index (χ3v) is 3.64. The van der Waals surface area contributed by atoms with Crippen LogP contribution in [0.25, 0.3) is 0 Å². The molecule has 19 heavy (non-hydrogen) atoms. The fraction of sp³-hybridized carbons (Fsp3) is 0.733. The molecule has 0 amide bonds. The summed E-state index contributed by atoms with van der Waals surface area (Å²) in [5.74, 6) is 0.968. The van der Waals surface area contributed by atoms with E-state index in [1.807, 2.05) is 13.8 Å². The molecule has 1 aromatic heterocycles. The van der Waals surface area contributed by atoms with Crippen molar-refractivity contribution in [3.05, 3.63) is 22.8 Å². The van der Waals surface area contributed by atoms with Crippen LogP contribution in [0.3, 0.4) is 0 Å². The van der Waals surface area contributed by atoms with Crippen molar-refractivity contribution in [2.24, 2.45) is 0 Å². The van der Waals surface area contributed by atoms with Gasteiger partial charge in [-0.2, -0.15) is 0 Å². The van der Waals surface area contributed by atoms with Gasteiger partial charge in [-0.15, -0.1) is 0 Å². The lowest BCUT2D eigenvalue weighted by molar-refractivity contribution is 0.145. The van der Waals surface area contributed by atoms with Gasteiger partial charge in [0.1, 0.15) is 5.82 Å². The van der Waals surface area contributed by atoms with Crippen molar-refractivity contribution in [1.29, 1.82) is 0 Å². The van der Waals surface area contributed by atoms with Gasteiger partial charge in [-0.05, 0) is 33.4 Å². The van der Waals surface area contributed by atoms with Crippen molar-refractivity contribution < 1.29 is 0 Å². The van der Waals surface area contributed by atoms with Crippen LogP contribution in [0.1, 0.15) is 36.6 Å². The van der Waals surface area contributed by atoms with Crippen LogP contribution in [0.15, 0.2) is 0 Å². The SMILES string of the molecule is CC.Cc1nc(CN2CCN(C)CC2)nc(C)c1C. The van der Waals surface area contributed by atoms with Crippen LogP contribution in [0.4, 0.5) is 0 Å². The van der Waals surface area contributed by atoms with Crippen LogP contribution >= 0.6 is 0 Å². The molecular weight excluding hydrogens is 236 g/mol. The monoisotopic (exact) mass is 264 g/mol.